The summed E-state index contributed by atoms with van der Waals surface area (Å²) in [5.74, 6) is -0.131. The first-order valence-corrected chi connectivity index (χ1v) is 6.98. The van der Waals surface area contributed by atoms with Crippen LogP contribution in [0.15, 0.2) is 42.5 Å². The Labute approximate surface area is 124 Å². The number of pyridine rings is 1. The van der Waals surface area contributed by atoms with Crippen molar-refractivity contribution in [3.63, 3.8) is 0 Å². The van der Waals surface area contributed by atoms with Gasteiger partial charge in [0, 0.05) is 11.3 Å². The lowest BCUT2D eigenvalue weighted by Crippen LogP contribution is -2.28. The van der Waals surface area contributed by atoms with E-state index in [0.717, 1.165) is 17.7 Å². The molecular formula is C16H17ClN2O. The molecule has 1 aromatic heterocycles. The van der Waals surface area contributed by atoms with E-state index >= 15 is 0 Å². The van der Waals surface area contributed by atoms with Crippen LogP contribution in [0.3, 0.4) is 0 Å². The van der Waals surface area contributed by atoms with E-state index < -0.39 is 0 Å². The Bertz CT molecular complexity index is 578. The number of rotatable bonds is 4. The van der Waals surface area contributed by atoms with E-state index in [0.29, 0.717) is 10.7 Å². The van der Waals surface area contributed by atoms with Crippen molar-refractivity contribution >= 4 is 17.5 Å². The lowest BCUT2D eigenvalue weighted by molar-refractivity contribution is 0.0935. The number of halogens is 1. The number of carbonyl (C=O) groups excluding carboxylic acids is 1. The van der Waals surface area contributed by atoms with Crippen LogP contribution in [0.2, 0.25) is 5.15 Å². The molecule has 20 heavy (non-hydrogen) atoms. The van der Waals surface area contributed by atoms with Gasteiger partial charge in [-0.25, -0.2) is 4.98 Å². The van der Waals surface area contributed by atoms with Crippen LogP contribution >= 0.6 is 11.6 Å². The van der Waals surface area contributed by atoms with Gasteiger partial charge in [0.15, 0.2) is 0 Å². The molecule has 2 rings (SSSR count). The minimum Gasteiger partial charge on any atom is -0.345 e. The number of carbonyl (C=O) groups is 1. The molecule has 0 aliphatic heterocycles. The number of aryl methyl sites for hydroxylation is 1. The number of benzene rings is 1. The first-order valence-electron chi connectivity index (χ1n) is 6.60. The van der Waals surface area contributed by atoms with Crippen LogP contribution in [0.4, 0.5) is 0 Å². The zero-order chi connectivity index (χ0) is 14.5. The maximum atomic E-state index is 12.3. The summed E-state index contributed by atoms with van der Waals surface area (Å²) in [6.45, 7) is 3.86. The van der Waals surface area contributed by atoms with Crippen LogP contribution in [0.25, 0.3) is 0 Å². The Morgan fingerprint density at radius 2 is 2.00 bits per heavy atom. The summed E-state index contributed by atoms with van der Waals surface area (Å²) < 4.78 is 0. The summed E-state index contributed by atoms with van der Waals surface area (Å²) in [7, 11) is 0. The number of nitrogens with zero attached hydrogens (tertiary/aromatic N) is 1. The summed E-state index contributed by atoms with van der Waals surface area (Å²) in [6, 6.07) is 13.2. The molecular weight excluding hydrogens is 272 g/mol. The van der Waals surface area contributed by atoms with Crippen molar-refractivity contribution < 1.29 is 4.79 Å². The average Bonchev–Trinajstić information content (AvgIpc) is 2.44. The first kappa shape index (κ1) is 14.5. The fourth-order valence-corrected chi connectivity index (χ4v) is 2.36. The van der Waals surface area contributed by atoms with Crippen molar-refractivity contribution in [3.8, 4) is 0 Å². The SMILES string of the molecule is CCC(NC(=O)c1cc(C)nc(Cl)c1)c1ccccc1. The van der Waals surface area contributed by atoms with Gasteiger partial charge < -0.3 is 5.32 Å². The van der Waals surface area contributed by atoms with E-state index in [9.17, 15) is 4.79 Å². The van der Waals surface area contributed by atoms with Gasteiger partial charge in [-0.05, 0) is 31.0 Å². The fourth-order valence-electron chi connectivity index (χ4n) is 2.11. The minimum atomic E-state index is -0.131. The second kappa shape index (κ2) is 6.53. The molecule has 1 unspecified atom stereocenters. The van der Waals surface area contributed by atoms with Gasteiger partial charge in [-0.15, -0.1) is 0 Å². The number of aromatic nitrogens is 1. The average molecular weight is 289 g/mol. The molecule has 0 spiro atoms. The third-order valence-electron chi connectivity index (χ3n) is 3.10. The quantitative estimate of drug-likeness (QED) is 0.866. The van der Waals surface area contributed by atoms with E-state index in [4.69, 9.17) is 11.6 Å². The van der Waals surface area contributed by atoms with Crippen LogP contribution in [0, 0.1) is 6.92 Å². The van der Waals surface area contributed by atoms with Crippen molar-refractivity contribution in [3.05, 3.63) is 64.4 Å². The summed E-state index contributed by atoms with van der Waals surface area (Å²) in [4.78, 5) is 16.4. The molecule has 4 heteroatoms. The van der Waals surface area contributed by atoms with Gasteiger partial charge in [-0.3, -0.25) is 4.79 Å². The normalized spacial score (nSPS) is 11.9. The molecule has 2 aromatic rings. The van der Waals surface area contributed by atoms with E-state index in [2.05, 4.69) is 10.3 Å². The lowest BCUT2D eigenvalue weighted by Gasteiger charge is -2.17. The van der Waals surface area contributed by atoms with E-state index in [-0.39, 0.29) is 11.9 Å². The van der Waals surface area contributed by atoms with Gasteiger partial charge in [-0.2, -0.15) is 0 Å². The minimum absolute atomic E-state index is 0.00375. The highest BCUT2D eigenvalue weighted by molar-refractivity contribution is 6.29. The third kappa shape index (κ3) is 3.58. The zero-order valence-corrected chi connectivity index (χ0v) is 12.3. The molecule has 104 valence electrons. The maximum Gasteiger partial charge on any atom is 0.251 e. The van der Waals surface area contributed by atoms with Gasteiger partial charge >= 0.3 is 0 Å². The Hall–Kier alpha value is -1.87. The summed E-state index contributed by atoms with van der Waals surface area (Å²) >= 11 is 5.89. The molecule has 0 aliphatic rings. The second-order valence-corrected chi connectivity index (χ2v) is 5.05. The van der Waals surface area contributed by atoms with Gasteiger partial charge in [0.25, 0.3) is 5.91 Å². The third-order valence-corrected chi connectivity index (χ3v) is 3.29. The standard InChI is InChI=1S/C16H17ClN2O/c1-3-14(12-7-5-4-6-8-12)19-16(20)13-9-11(2)18-15(17)10-13/h4-10,14H,3H2,1-2H3,(H,19,20). The molecule has 0 radical (unpaired) electrons. The highest BCUT2D eigenvalue weighted by Gasteiger charge is 2.14. The Morgan fingerprint density at radius 3 is 2.60 bits per heavy atom. The predicted molar refractivity (Wildman–Crippen MR) is 80.9 cm³/mol. The monoisotopic (exact) mass is 288 g/mol. The van der Waals surface area contributed by atoms with E-state index in [1.165, 1.54) is 0 Å². The van der Waals surface area contributed by atoms with Crippen LogP contribution in [0.1, 0.15) is 41.0 Å². The van der Waals surface area contributed by atoms with Gasteiger partial charge in [0.1, 0.15) is 5.15 Å². The van der Waals surface area contributed by atoms with Crippen molar-refractivity contribution in [1.29, 1.82) is 0 Å². The topological polar surface area (TPSA) is 42.0 Å². The number of hydrogen-bond donors (Lipinski definition) is 1. The smallest absolute Gasteiger partial charge is 0.251 e. The molecule has 1 N–H and O–H groups in total. The van der Waals surface area contributed by atoms with Crippen LogP contribution in [0.5, 0.6) is 0 Å². The molecule has 0 bridgehead atoms. The second-order valence-electron chi connectivity index (χ2n) is 4.66. The Kier molecular flexibility index (Phi) is 4.74. The first-order chi connectivity index (χ1) is 9.60. The molecule has 1 heterocycles. The Balaban J connectivity index is 2.17. The van der Waals surface area contributed by atoms with E-state index in [1.807, 2.05) is 44.2 Å². The molecule has 1 aromatic carbocycles. The van der Waals surface area contributed by atoms with Crippen molar-refractivity contribution in [2.75, 3.05) is 0 Å². The molecule has 0 saturated heterocycles. The van der Waals surface area contributed by atoms with Crippen LogP contribution < -0.4 is 5.32 Å². The number of nitrogens with one attached hydrogen (secondary N) is 1. The van der Waals surface area contributed by atoms with Crippen molar-refractivity contribution in [2.24, 2.45) is 0 Å². The summed E-state index contributed by atoms with van der Waals surface area (Å²) in [5.41, 5.74) is 2.37. The van der Waals surface area contributed by atoms with Gasteiger partial charge in [0.05, 0.1) is 6.04 Å². The number of hydrogen-bond acceptors (Lipinski definition) is 2. The largest absolute Gasteiger partial charge is 0.345 e. The van der Waals surface area contributed by atoms with E-state index in [1.54, 1.807) is 12.1 Å². The number of amides is 1. The molecule has 1 amide bonds. The fraction of sp³-hybridized carbons (Fsp3) is 0.250. The summed E-state index contributed by atoms with van der Waals surface area (Å²) in [6.07, 6.45) is 0.827. The molecule has 0 saturated carbocycles. The molecule has 1 atom stereocenters. The van der Waals surface area contributed by atoms with Gasteiger partial charge in [0.2, 0.25) is 0 Å². The molecule has 3 nitrogen and oxygen atoms in total. The maximum absolute atomic E-state index is 12.3. The lowest BCUT2D eigenvalue weighted by atomic mass is 10.0. The highest BCUT2D eigenvalue weighted by Crippen LogP contribution is 2.17. The zero-order valence-electron chi connectivity index (χ0n) is 11.6. The van der Waals surface area contributed by atoms with Crippen molar-refractivity contribution in [1.82, 2.24) is 10.3 Å². The predicted octanol–water partition coefficient (Wildman–Crippen LogP) is 3.92. The summed E-state index contributed by atoms with van der Waals surface area (Å²) in [5, 5.41) is 3.36. The van der Waals surface area contributed by atoms with Crippen molar-refractivity contribution in [2.45, 2.75) is 26.3 Å². The molecule has 0 fully saturated rings. The van der Waals surface area contributed by atoms with Gasteiger partial charge in [-0.1, -0.05) is 48.9 Å². The van der Waals surface area contributed by atoms with Crippen LogP contribution in [-0.4, -0.2) is 10.9 Å². The Morgan fingerprint density at radius 1 is 1.30 bits per heavy atom. The molecule has 0 aliphatic carbocycles. The highest BCUT2D eigenvalue weighted by atomic mass is 35.5. The van der Waals surface area contributed by atoms with Crippen LogP contribution in [-0.2, 0) is 0 Å².